The van der Waals surface area contributed by atoms with Crippen LogP contribution in [0.25, 0.3) is 0 Å². The van der Waals surface area contributed by atoms with E-state index in [-0.39, 0.29) is 16.2 Å². The zero-order valence-electron chi connectivity index (χ0n) is 13.1. The van der Waals surface area contributed by atoms with Gasteiger partial charge in [0.05, 0.1) is 17.2 Å². The highest BCUT2D eigenvalue weighted by Crippen LogP contribution is 2.16. The molecule has 24 heavy (non-hydrogen) atoms. The Bertz CT molecular complexity index is 850. The summed E-state index contributed by atoms with van der Waals surface area (Å²) in [7, 11) is -3.91. The van der Waals surface area contributed by atoms with Crippen LogP contribution in [0.4, 0.5) is 8.78 Å². The molecular formula is C16H16F2N2O3S. The van der Waals surface area contributed by atoms with Gasteiger partial charge in [-0.1, -0.05) is 0 Å². The van der Waals surface area contributed by atoms with Crippen molar-refractivity contribution >= 4 is 15.7 Å². The fourth-order valence-corrected chi connectivity index (χ4v) is 2.76. The summed E-state index contributed by atoms with van der Waals surface area (Å²) in [5, 5.41) is 3.68. The molecule has 128 valence electrons. The Morgan fingerprint density at radius 1 is 1.17 bits per heavy atom. The van der Waals surface area contributed by atoms with Gasteiger partial charge in [-0.3, -0.25) is 0 Å². The van der Waals surface area contributed by atoms with Crippen LogP contribution in [0.3, 0.4) is 0 Å². The second-order valence-corrected chi connectivity index (χ2v) is 6.48. The van der Waals surface area contributed by atoms with E-state index in [0.717, 1.165) is 6.07 Å². The highest BCUT2D eigenvalue weighted by atomic mass is 32.2. The Morgan fingerprint density at radius 2 is 1.83 bits per heavy atom. The molecule has 0 spiro atoms. The highest BCUT2D eigenvalue weighted by Gasteiger charge is 2.14. The van der Waals surface area contributed by atoms with Crippen molar-refractivity contribution in [1.29, 1.82) is 0 Å². The number of sulfonamides is 1. The van der Waals surface area contributed by atoms with E-state index in [1.807, 2.05) is 11.8 Å². The van der Waals surface area contributed by atoms with Crippen LogP contribution in [0.15, 0.2) is 52.5 Å². The molecule has 0 atom stereocenters. The number of hydrogen-bond donors (Lipinski definition) is 1. The van der Waals surface area contributed by atoms with E-state index < -0.39 is 21.7 Å². The first-order valence-electron chi connectivity index (χ1n) is 7.08. The predicted octanol–water partition coefficient (Wildman–Crippen LogP) is 3.07. The SMILES string of the molecule is CCOc1ccc(S(=O)(=O)N/N=C(\C)c2ccc(F)cc2F)cc1. The van der Waals surface area contributed by atoms with Gasteiger partial charge < -0.3 is 4.74 Å². The van der Waals surface area contributed by atoms with Crippen molar-refractivity contribution in [3.8, 4) is 5.75 Å². The minimum atomic E-state index is -3.91. The van der Waals surface area contributed by atoms with Crippen LogP contribution in [0, 0.1) is 11.6 Å². The van der Waals surface area contributed by atoms with Gasteiger partial charge in [0, 0.05) is 11.6 Å². The second-order valence-electron chi connectivity index (χ2n) is 4.82. The average molecular weight is 354 g/mol. The molecule has 0 amide bonds. The molecule has 2 rings (SSSR count). The average Bonchev–Trinajstić information content (AvgIpc) is 2.53. The van der Waals surface area contributed by atoms with E-state index in [4.69, 9.17) is 4.74 Å². The number of rotatable bonds is 6. The fourth-order valence-electron chi connectivity index (χ4n) is 1.91. The molecule has 0 radical (unpaired) electrons. The third kappa shape index (κ3) is 4.29. The molecular weight excluding hydrogens is 338 g/mol. The standard InChI is InChI=1S/C16H16F2N2O3S/c1-3-23-13-5-7-14(8-6-13)24(21,22)20-19-11(2)15-9-4-12(17)10-16(15)18/h4-10,20H,3H2,1-2H3/b19-11+. The molecule has 0 unspecified atom stereocenters. The van der Waals surface area contributed by atoms with E-state index in [1.165, 1.54) is 37.3 Å². The Kier molecular flexibility index (Phi) is 5.50. The van der Waals surface area contributed by atoms with Gasteiger partial charge in [0.15, 0.2) is 0 Å². The molecule has 0 fully saturated rings. The number of ether oxygens (including phenoxy) is 1. The van der Waals surface area contributed by atoms with Crippen molar-refractivity contribution in [2.75, 3.05) is 6.61 Å². The number of halogens is 2. The van der Waals surface area contributed by atoms with E-state index >= 15 is 0 Å². The first-order valence-corrected chi connectivity index (χ1v) is 8.56. The van der Waals surface area contributed by atoms with Gasteiger partial charge in [-0.25, -0.2) is 8.78 Å². The summed E-state index contributed by atoms with van der Waals surface area (Å²) in [4.78, 5) is 2.01. The van der Waals surface area contributed by atoms with Gasteiger partial charge in [0.2, 0.25) is 0 Å². The first kappa shape index (κ1) is 17.9. The monoisotopic (exact) mass is 354 g/mol. The Balaban J connectivity index is 2.19. The largest absolute Gasteiger partial charge is 0.494 e. The summed E-state index contributed by atoms with van der Waals surface area (Å²) < 4.78 is 56.1. The van der Waals surface area contributed by atoms with E-state index in [1.54, 1.807) is 0 Å². The van der Waals surface area contributed by atoms with Gasteiger partial charge in [-0.15, -0.1) is 0 Å². The summed E-state index contributed by atoms with van der Waals surface area (Å²) in [6.45, 7) is 3.70. The molecule has 0 heterocycles. The molecule has 2 aromatic rings. The van der Waals surface area contributed by atoms with Crippen molar-refractivity contribution < 1.29 is 21.9 Å². The van der Waals surface area contributed by atoms with Crippen molar-refractivity contribution in [2.24, 2.45) is 5.10 Å². The summed E-state index contributed by atoms with van der Waals surface area (Å²) in [6, 6.07) is 8.75. The zero-order chi connectivity index (χ0) is 17.7. The molecule has 0 aliphatic rings. The van der Waals surface area contributed by atoms with E-state index in [2.05, 4.69) is 5.10 Å². The number of nitrogens with zero attached hydrogens (tertiary/aromatic N) is 1. The lowest BCUT2D eigenvalue weighted by molar-refractivity contribution is 0.340. The van der Waals surface area contributed by atoms with Crippen molar-refractivity contribution in [2.45, 2.75) is 18.7 Å². The normalized spacial score (nSPS) is 12.1. The molecule has 0 bridgehead atoms. The topological polar surface area (TPSA) is 67.8 Å². The smallest absolute Gasteiger partial charge is 0.276 e. The van der Waals surface area contributed by atoms with Gasteiger partial charge in [0.1, 0.15) is 17.4 Å². The maximum atomic E-state index is 13.6. The maximum absolute atomic E-state index is 13.6. The highest BCUT2D eigenvalue weighted by molar-refractivity contribution is 7.89. The fraction of sp³-hybridized carbons (Fsp3) is 0.188. The Hall–Kier alpha value is -2.48. The second kappa shape index (κ2) is 7.39. The molecule has 8 heteroatoms. The van der Waals surface area contributed by atoms with Gasteiger partial charge >= 0.3 is 0 Å². The van der Waals surface area contributed by atoms with Gasteiger partial charge in [-0.05, 0) is 50.2 Å². The lowest BCUT2D eigenvalue weighted by Gasteiger charge is -2.07. The lowest BCUT2D eigenvalue weighted by Crippen LogP contribution is -2.20. The van der Waals surface area contributed by atoms with Crippen LogP contribution in [-0.4, -0.2) is 20.7 Å². The molecule has 0 saturated heterocycles. The molecule has 2 aromatic carbocycles. The number of benzene rings is 2. The molecule has 0 aliphatic heterocycles. The molecule has 5 nitrogen and oxygen atoms in total. The maximum Gasteiger partial charge on any atom is 0.276 e. The van der Waals surface area contributed by atoms with E-state index in [0.29, 0.717) is 18.4 Å². The number of hydrogen-bond acceptors (Lipinski definition) is 4. The van der Waals surface area contributed by atoms with Crippen molar-refractivity contribution in [1.82, 2.24) is 4.83 Å². The van der Waals surface area contributed by atoms with Crippen LogP contribution in [0.2, 0.25) is 0 Å². The molecule has 0 aliphatic carbocycles. The van der Waals surface area contributed by atoms with Gasteiger partial charge in [0.25, 0.3) is 10.0 Å². The summed E-state index contributed by atoms with van der Waals surface area (Å²) in [5.41, 5.74) is 0.0767. The van der Waals surface area contributed by atoms with Crippen LogP contribution in [0.5, 0.6) is 5.75 Å². The number of hydrazone groups is 1. The third-order valence-electron chi connectivity index (χ3n) is 3.10. The van der Waals surface area contributed by atoms with Gasteiger partial charge in [-0.2, -0.15) is 18.4 Å². The zero-order valence-corrected chi connectivity index (χ0v) is 13.9. The van der Waals surface area contributed by atoms with E-state index in [9.17, 15) is 17.2 Å². The molecule has 1 N–H and O–H groups in total. The third-order valence-corrected chi connectivity index (χ3v) is 4.32. The minimum Gasteiger partial charge on any atom is -0.494 e. The molecule has 0 aromatic heterocycles. The first-order chi connectivity index (χ1) is 11.3. The molecule has 0 saturated carbocycles. The van der Waals surface area contributed by atoms with Crippen LogP contribution in [-0.2, 0) is 10.0 Å². The van der Waals surface area contributed by atoms with Crippen LogP contribution in [0.1, 0.15) is 19.4 Å². The van der Waals surface area contributed by atoms with Crippen LogP contribution >= 0.6 is 0 Å². The van der Waals surface area contributed by atoms with Crippen molar-refractivity contribution in [3.05, 3.63) is 59.7 Å². The summed E-state index contributed by atoms with van der Waals surface area (Å²) in [6.07, 6.45) is 0. The Labute approximate surface area is 139 Å². The predicted molar refractivity (Wildman–Crippen MR) is 86.5 cm³/mol. The number of nitrogens with one attached hydrogen (secondary N) is 1. The summed E-state index contributed by atoms with van der Waals surface area (Å²) in [5.74, 6) is -1.000. The summed E-state index contributed by atoms with van der Waals surface area (Å²) >= 11 is 0. The van der Waals surface area contributed by atoms with Crippen LogP contribution < -0.4 is 9.57 Å². The Morgan fingerprint density at radius 3 is 2.42 bits per heavy atom. The quantitative estimate of drug-likeness (QED) is 0.640. The van der Waals surface area contributed by atoms with Crippen molar-refractivity contribution in [3.63, 3.8) is 0 Å². The minimum absolute atomic E-state index is 0.00536. The lowest BCUT2D eigenvalue weighted by atomic mass is 10.1.